The van der Waals surface area contributed by atoms with Gasteiger partial charge in [-0.2, -0.15) is 0 Å². The fourth-order valence-corrected chi connectivity index (χ4v) is 4.61. The van der Waals surface area contributed by atoms with Crippen LogP contribution in [0.15, 0.2) is 36.4 Å². The standard InChI is InChI=1S/C26H26N2O4/c1-29-19-9-11-21(31-3)25-17(19)13-15-7-5-6-8-16-14-18-20(30-2)10-12-22(32-4)26(18)28-24(16)23(15)27-25/h9-14H,5-8H2,1-4H3. The third-order valence-corrected chi connectivity index (χ3v) is 6.22. The number of pyridine rings is 2. The minimum atomic E-state index is 0.715. The van der Waals surface area contributed by atoms with E-state index in [2.05, 4.69) is 12.1 Å². The van der Waals surface area contributed by atoms with Crippen LogP contribution in [-0.4, -0.2) is 38.4 Å². The number of fused-ring (bicyclic) bond motifs is 5. The van der Waals surface area contributed by atoms with Gasteiger partial charge >= 0.3 is 0 Å². The molecular formula is C26H26N2O4. The second-order valence-electron chi connectivity index (χ2n) is 7.93. The molecule has 4 aromatic rings. The van der Waals surface area contributed by atoms with Crippen molar-refractivity contribution >= 4 is 21.8 Å². The molecular weight excluding hydrogens is 404 g/mol. The van der Waals surface area contributed by atoms with Gasteiger partial charge in [-0.1, -0.05) is 0 Å². The van der Waals surface area contributed by atoms with E-state index < -0.39 is 0 Å². The first-order valence-corrected chi connectivity index (χ1v) is 10.8. The summed E-state index contributed by atoms with van der Waals surface area (Å²) >= 11 is 0. The first kappa shape index (κ1) is 20.4. The Morgan fingerprint density at radius 1 is 0.562 bits per heavy atom. The van der Waals surface area contributed by atoms with Crippen LogP contribution in [0.4, 0.5) is 0 Å². The van der Waals surface area contributed by atoms with Gasteiger partial charge in [0.1, 0.15) is 34.0 Å². The maximum absolute atomic E-state index is 5.62. The van der Waals surface area contributed by atoms with Crippen LogP contribution in [0.25, 0.3) is 33.2 Å². The molecule has 32 heavy (non-hydrogen) atoms. The third-order valence-electron chi connectivity index (χ3n) is 6.22. The Kier molecular flexibility index (Phi) is 5.21. The zero-order valence-electron chi connectivity index (χ0n) is 18.8. The molecule has 0 radical (unpaired) electrons. The second kappa shape index (κ2) is 8.19. The number of aromatic nitrogens is 2. The molecule has 0 spiro atoms. The Hall–Kier alpha value is -3.54. The molecule has 6 nitrogen and oxygen atoms in total. The molecule has 1 aliphatic carbocycles. The molecule has 0 saturated carbocycles. The predicted octanol–water partition coefficient (Wildman–Crippen LogP) is 5.36. The molecule has 2 heterocycles. The SMILES string of the molecule is COc1ccc(OC)c2nc3c(cc12)CCCCc1cc2c(OC)ccc(OC)c2nc1-3. The normalized spacial score (nSPS) is 13.1. The third kappa shape index (κ3) is 3.18. The second-order valence-corrected chi connectivity index (χ2v) is 7.93. The molecule has 0 amide bonds. The summed E-state index contributed by atoms with van der Waals surface area (Å²) in [5.41, 5.74) is 5.67. The van der Waals surface area contributed by atoms with Crippen molar-refractivity contribution in [3.63, 3.8) is 0 Å². The van der Waals surface area contributed by atoms with E-state index in [0.29, 0.717) is 11.5 Å². The van der Waals surface area contributed by atoms with E-state index in [0.717, 1.165) is 70.4 Å². The number of hydrogen-bond donors (Lipinski definition) is 0. The smallest absolute Gasteiger partial charge is 0.145 e. The van der Waals surface area contributed by atoms with Gasteiger partial charge in [-0.3, -0.25) is 0 Å². The highest BCUT2D eigenvalue weighted by Crippen LogP contribution is 2.40. The Labute approximate surface area is 187 Å². The van der Waals surface area contributed by atoms with Crippen LogP contribution >= 0.6 is 0 Å². The number of rotatable bonds is 4. The monoisotopic (exact) mass is 430 g/mol. The fourth-order valence-electron chi connectivity index (χ4n) is 4.61. The van der Waals surface area contributed by atoms with Crippen LogP contribution in [0.3, 0.4) is 0 Å². The summed E-state index contributed by atoms with van der Waals surface area (Å²) in [5.74, 6) is 3.01. The van der Waals surface area contributed by atoms with Gasteiger partial charge in [-0.15, -0.1) is 0 Å². The van der Waals surface area contributed by atoms with Crippen LogP contribution < -0.4 is 18.9 Å². The number of nitrogens with zero attached hydrogens (tertiary/aromatic N) is 2. The fraction of sp³-hybridized carbons (Fsp3) is 0.308. The zero-order valence-corrected chi connectivity index (χ0v) is 18.8. The lowest BCUT2D eigenvalue weighted by molar-refractivity contribution is 0.409. The number of ether oxygens (including phenoxy) is 4. The quantitative estimate of drug-likeness (QED) is 0.434. The summed E-state index contributed by atoms with van der Waals surface area (Å²) < 4.78 is 22.5. The molecule has 0 saturated heterocycles. The van der Waals surface area contributed by atoms with E-state index >= 15 is 0 Å². The molecule has 2 aromatic carbocycles. The van der Waals surface area contributed by atoms with E-state index in [9.17, 15) is 0 Å². The largest absolute Gasteiger partial charge is 0.496 e. The summed E-state index contributed by atoms with van der Waals surface area (Å²) in [7, 11) is 6.69. The summed E-state index contributed by atoms with van der Waals surface area (Å²) in [6, 6.07) is 12.0. The molecule has 0 aliphatic heterocycles. The molecule has 2 aromatic heterocycles. The molecule has 164 valence electrons. The van der Waals surface area contributed by atoms with Crippen LogP contribution in [0.5, 0.6) is 23.0 Å². The first-order chi connectivity index (χ1) is 15.7. The zero-order chi connectivity index (χ0) is 22.2. The highest BCUT2D eigenvalue weighted by Gasteiger charge is 2.22. The van der Waals surface area contributed by atoms with Gasteiger partial charge in [0, 0.05) is 10.8 Å². The van der Waals surface area contributed by atoms with Crippen LogP contribution in [-0.2, 0) is 12.8 Å². The molecule has 6 heteroatoms. The lowest BCUT2D eigenvalue weighted by atomic mass is 9.92. The molecule has 0 bridgehead atoms. The van der Waals surface area contributed by atoms with Gasteiger partial charge in [0.2, 0.25) is 0 Å². The Balaban J connectivity index is 1.86. The maximum atomic E-state index is 5.62. The molecule has 0 atom stereocenters. The van der Waals surface area contributed by atoms with Crippen molar-refractivity contribution in [2.24, 2.45) is 0 Å². The number of benzene rings is 2. The van der Waals surface area contributed by atoms with Crippen molar-refractivity contribution in [3.05, 3.63) is 47.5 Å². The molecule has 1 aliphatic rings. The Bertz CT molecular complexity index is 1230. The molecule has 0 N–H and O–H groups in total. The van der Waals surface area contributed by atoms with Gasteiger partial charge in [-0.05, 0) is 73.2 Å². The van der Waals surface area contributed by atoms with Crippen LogP contribution in [0.1, 0.15) is 24.0 Å². The van der Waals surface area contributed by atoms with Crippen molar-refractivity contribution in [2.75, 3.05) is 28.4 Å². The molecule has 0 fully saturated rings. The summed E-state index contributed by atoms with van der Waals surface area (Å²) in [4.78, 5) is 10.2. The highest BCUT2D eigenvalue weighted by atomic mass is 16.5. The van der Waals surface area contributed by atoms with Gasteiger partial charge in [0.05, 0.1) is 39.8 Å². The number of methoxy groups -OCH3 is 4. The van der Waals surface area contributed by atoms with Gasteiger partial charge < -0.3 is 18.9 Å². The maximum Gasteiger partial charge on any atom is 0.145 e. The van der Waals surface area contributed by atoms with Gasteiger partial charge in [0.25, 0.3) is 0 Å². The predicted molar refractivity (Wildman–Crippen MR) is 125 cm³/mol. The molecule has 0 unspecified atom stereocenters. The highest BCUT2D eigenvalue weighted by molar-refractivity contribution is 5.95. The van der Waals surface area contributed by atoms with E-state index in [1.807, 2.05) is 24.3 Å². The Morgan fingerprint density at radius 3 is 1.31 bits per heavy atom. The van der Waals surface area contributed by atoms with Crippen molar-refractivity contribution in [1.82, 2.24) is 9.97 Å². The summed E-state index contributed by atoms with van der Waals surface area (Å²) in [5, 5.41) is 1.90. The average molecular weight is 431 g/mol. The van der Waals surface area contributed by atoms with Gasteiger partial charge in [0.15, 0.2) is 0 Å². The minimum Gasteiger partial charge on any atom is -0.496 e. The van der Waals surface area contributed by atoms with E-state index in [1.54, 1.807) is 28.4 Å². The number of hydrogen-bond acceptors (Lipinski definition) is 6. The first-order valence-electron chi connectivity index (χ1n) is 10.8. The minimum absolute atomic E-state index is 0.715. The van der Waals surface area contributed by atoms with E-state index in [-0.39, 0.29) is 0 Å². The van der Waals surface area contributed by atoms with Gasteiger partial charge in [-0.25, -0.2) is 9.97 Å². The summed E-state index contributed by atoms with van der Waals surface area (Å²) in [6.45, 7) is 0. The number of aryl methyl sites for hydroxylation is 2. The van der Waals surface area contributed by atoms with Crippen LogP contribution in [0, 0.1) is 0 Å². The Morgan fingerprint density at radius 2 is 0.938 bits per heavy atom. The van der Waals surface area contributed by atoms with Crippen molar-refractivity contribution in [2.45, 2.75) is 25.7 Å². The summed E-state index contributed by atoms with van der Waals surface area (Å²) in [6.07, 6.45) is 4.04. The lowest BCUT2D eigenvalue weighted by Crippen LogP contribution is -2.06. The van der Waals surface area contributed by atoms with Crippen molar-refractivity contribution in [1.29, 1.82) is 0 Å². The van der Waals surface area contributed by atoms with Crippen LogP contribution in [0.2, 0.25) is 0 Å². The molecule has 5 rings (SSSR count). The van der Waals surface area contributed by atoms with Crippen molar-refractivity contribution in [3.8, 4) is 34.4 Å². The average Bonchev–Trinajstić information content (AvgIpc) is 2.83. The van der Waals surface area contributed by atoms with Crippen molar-refractivity contribution < 1.29 is 18.9 Å². The lowest BCUT2D eigenvalue weighted by Gasteiger charge is -2.20. The topological polar surface area (TPSA) is 62.7 Å². The van der Waals surface area contributed by atoms with E-state index in [4.69, 9.17) is 28.9 Å². The van der Waals surface area contributed by atoms with E-state index in [1.165, 1.54) is 11.1 Å².